The van der Waals surface area contributed by atoms with Gasteiger partial charge in [-0.2, -0.15) is 5.10 Å². The van der Waals surface area contributed by atoms with E-state index in [9.17, 15) is 4.79 Å². The largest absolute Gasteiger partial charge is 0.494 e. The number of nitrogens with zero attached hydrogens (tertiary/aromatic N) is 3. The average Bonchev–Trinajstić information content (AvgIpc) is 3.38. The van der Waals surface area contributed by atoms with Crippen LogP contribution in [0.5, 0.6) is 5.75 Å². The maximum absolute atomic E-state index is 13.5. The van der Waals surface area contributed by atoms with Crippen LogP contribution in [0, 0.1) is 0 Å². The van der Waals surface area contributed by atoms with E-state index in [2.05, 4.69) is 34.3 Å². The molecule has 158 valence electrons. The minimum atomic E-state index is -0.0124. The van der Waals surface area contributed by atoms with Crippen LogP contribution >= 0.6 is 0 Å². The van der Waals surface area contributed by atoms with Gasteiger partial charge in [0.2, 0.25) is 0 Å². The van der Waals surface area contributed by atoms with E-state index in [0.29, 0.717) is 23.5 Å². The second-order valence-electron chi connectivity index (χ2n) is 7.87. The molecule has 4 aromatic rings. The molecule has 0 radical (unpaired) electrons. The number of fused-ring (bicyclic) bond motifs is 1. The lowest BCUT2D eigenvalue weighted by Gasteiger charge is -2.09. The Morgan fingerprint density at radius 3 is 2.53 bits per heavy atom. The van der Waals surface area contributed by atoms with E-state index in [0.717, 1.165) is 35.1 Å². The van der Waals surface area contributed by atoms with Gasteiger partial charge in [-0.1, -0.05) is 36.4 Å². The lowest BCUT2D eigenvalue weighted by Crippen LogP contribution is -2.02. The van der Waals surface area contributed by atoms with Gasteiger partial charge in [-0.15, -0.1) is 0 Å². The molecule has 0 saturated carbocycles. The highest BCUT2D eigenvalue weighted by atomic mass is 16.5. The van der Waals surface area contributed by atoms with Crippen molar-refractivity contribution in [1.29, 1.82) is 0 Å². The summed E-state index contributed by atoms with van der Waals surface area (Å²) in [4.78, 5) is 17.7. The lowest BCUT2D eigenvalue weighted by atomic mass is 9.97. The predicted molar refractivity (Wildman–Crippen MR) is 124 cm³/mol. The molecule has 0 N–H and O–H groups in total. The SMILES string of the molecule is Cn1cc(C2=C(c3cccnc3)C(=O)c3cc(OCCCc4ccccc4)ccc32)cn1. The van der Waals surface area contributed by atoms with Crippen LogP contribution < -0.4 is 4.74 Å². The summed E-state index contributed by atoms with van der Waals surface area (Å²) in [6, 6.07) is 19.9. The Labute approximate surface area is 187 Å². The highest BCUT2D eigenvalue weighted by molar-refractivity contribution is 6.41. The Morgan fingerprint density at radius 1 is 0.906 bits per heavy atom. The Morgan fingerprint density at radius 2 is 1.78 bits per heavy atom. The summed E-state index contributed by atoms with van der Waals surface area (Å²) in [5.74, 6) is 0.699. The zero-order chi connectivity index (χ0) is 21.9. The van der Waals surface area contributed by atoms with E-state index in [-0.39, 0.29) is 5.78 Å². The van der Waals surface area contributed by atoms with Gasteiger partial charge in [0, 0.05) is 53.5 Å². The van der Waals surface area contributed by atoms with Gasteiger partial charge in [0.05, 0.1) is 12.8 Å². The fourth-order valence-corrected chi connectivity index (χ4v) is 4.15. The molecule has 5 rings (SSSR count). The Bertz CT molecular complexity index is 1290. The number of carbonyl (C=O) groups is 1. The van der Waals surface area contributed by atoms with Gasteiger partial charge in [-0.25, -0.2) is 0 Å². The number of ketones is 1. The molecule has 32 heavy (non-hydrogen) atoms. The van der Waals surface area contributed by atoms with Gasteiger partial charge in [-0.3, -0.25) is 14.5 Å². The Balaban J connectivity index is 1.41. The third-order valence-corrected chi connectivity index (χ3v) is 5.65. The minimum Gasteiger partial charge on any atom is -0.494 e. The Hall–Kier alpha value is -3.99. The van der Waals surface area contributed by atoms with Gasteiger partial charge in [0.15, 0.2) is 5.78 Å². The molecule has 0 fully saturated rings. The molecule has 5 heteroatoms. The van der Waals surface area contributed by atoms with Crippen molar-refractivity contribution in [3.05, 3.63) is 113 Å². The molecule has 1 aliphatic carbocycles. The molecule has 0 bridgehead atoms. The molecule has 2 aromatic heterocycles. The number of carbonyl (C=O) groups excluding carboxylic acids is 1. The zero-order valence-corrected chi connectivity index (χ0v) is 17.9. The van der Waals surface area contributed by atoms with E-state index in [4.69, 9.17) is 4.74 Å². The maximum Gasteiger partial charge on any atom is 0.195 e. The van der Waals surface area contributed by atoms with Gasteiger partial charge in [-0.05, 0) is 48.2 Å². The number of rotatable bonds is 7. The molecule has 0 unspecified atom stereocenters. The van der Waals surface area contributed by atoms with Crippen molar-refractivity contribution in [3.8, 4) is 5.75 Å². The van der Waals surface area contributed by atoms with Crippen molar-refractivity contribution in [3.63, 3.8) is 0 Å². The number of Topliss-reactive ketones (excluding diaryl/α,β-unsaturated/α-hetero) is 1. The molecule has 2 heterocycles. The van der Waals surface area contributed by atoms with Crippen LogP contribution in [0.1, 0.15) is 39.0 Å². The first kappa shape index (κ1) is 19.9. The number of hydrogen-bond acceptors (Lipinski definition) is 4. The number of benzene rings is 2. The summed E-state index contributed by atoms with van der Waals surface area (Å²) < 4.78 is 7.73. The van der Waals surface area contributed by atoms with Crippen molar-refractivity contribution >= 4 is 16.9 Å². The van der Waals surface area contributed by atoms with Crippen LogP contribution in [-0.4, -0.2) is 27.2 Å². The molecule has 0 atom stereocenters. The molecular weight excluding hydrogens is 398 g/mol. The molecule has 0 saturated heterocycles. The highest BCUT2D eigenvalue weighted by Gasteiger charge is 2.32. The second-order valence-corrected chi connectivity index (χ2v) is 7.87. The first-order valence-corrected chi connectivity index (χ1v) is 10.7. The smallest absolute Gasteiger partial charge is 0.195 e. The van der Waals surface area contributed by atoms with Crippen LogP contribution in [0.4, 0.5) is 0 Å². The van der Waals surface area contributed by atoms with Crippen LogP contribution in [0.2, 0.25) is 0 Å². The van der Waals surface area contributed by atoms with Gasteiger partial charge in [0.1, 0.15) is 5.75 Å². The van der Waals surface area contributed by atoms with E-state index in [1.165, 1.54) is 5.56 Å². The number of ether oxygens (including phenoxy) is 1. The summed E-state index contributed by atoms with van der Waals surface area (Å²) in [5.41, 5.74) is 6.12. The summed E-state index contributed by atoms with van der Waals surface area (Å²) in [7, 11) is 1.87. The molecule has 5 nitrogen and oxygen atoms in total. The van der Waals surface area contributed by atoms with Crippen molar-refractivity contribution < 1.29 is 9.53 Å². The predicted octanol–water partition coefficient (Wildman–Crippen LogP) is 4.98. The normalized spacial score (nSPS) is 12.8. The van der Waals surface area contributed by atoms with Crippen LogP contribution in [-0.2, 0) is 13.5 Å². The van der Waals surface area contributed by atoms with E-state index in [1.807, 2.05) is 49.6 Å². The summed E-state index contributed by atoms with van der Waals surface area (Å²) in [6.45, 7) is 0.597. The van der Waals surface area contributed by atoms with Crippen molar-refractivity contribution in [2.75, 3.05) is 6.61 Å². The lowest BCUT2D eigenvalue weighted by molar-refractivity contribution is 0.105. The number of allylic oxidation sites excluding steroid dienone is 1. The average molecular weight is 422 g/mol. The summed E-state index contributed by atoms with van der Waals surface area (Å²) in [6.07, 6.45) is 9.04. The zero-order valence-electron chi connectivity index (χ0n) is 17.9. The number of aryl methyl sites for hydroxylation is 2. The van der Waals surface area contributed by atoms with E-state index >= 15 is 0 Å². The summed E-state index contributed by atoms with van der Waals surface area (Å²) in [5, 5.41) is 4.31. The first-order chi connectivity index (χ1) is 15.7. The standard InChI is InChI=1S/C27H23N3O2/c1-30-18-21(17-29-30)25-23-12-11-22(32-14-6-9-19-7-3-2-4-8-19)15-24(23)27(31)26(25)20-10-5-13-28-16-20/h2-5,7-8,10-13,15-18H,6,9,14H2,1H3. The van der Waals surface area contributed by atoms with Gasteiger partial charge in [0.25, 0.3) is 0 Å². The van der Waals surface area contributed by atoms with Gasteiger partial charge >= 0.3 is 0 Å². The molecule has 0 amide bonds. The van der Waals surface area contributed by atoms with E-state index in [1.54, 1.807) is 23.3 Å². The fourth-order valence-electron chi connectivity index (χ4n) is 4.15. The van der Waals surface area contributed by atoms with Crippen LogP contribution in [0.3, 0.4) is 0 Å². The quantitative estimate of drug-likeness (QED) is 0.395. The Kier molecular flexibility index (Phi) is 5.38. The maximum atomic E-state index is 13.5. The molecule has 2 aromatic carbocycles. The van der Waals surface area contributed by atoms with Crippen LogP contribution in [0.15, 0.2) is 85.5 Å². The number of hydrogen-bond donors (Lipinski definition) is 0. The third kappa shape index (κ3) is 3.85. The number of pyridine rings is 1. The molecular formula is C27H23N3O2. The first-order valence-electron chi connectivity index (χ1n) is 10.7. The molecule has 0 aliphatic heterocycles. The summed E-state index contributed by atoms with van der Waals surface area (Å²) >= 11 is 0. The fraction of sp³-hybridized carbons (Fsp3) is 0.148. The topological polar surface area (TPSA) is 57.0 Å². The minimum absolute atomic E-state index is 0.0124. The number of aromatic nitrogens is 3. The highest BCUT2D eigenvalue weighted by Crippen LogP contribution is 2.43. The van der Waals surface area contributed by atoms with Crippen molar-refractivity contribution in [2.24, 2.45) is 7.05 Å². The van der Waals surface area contributed by atoms with Crippen LogP contribution in [0.25, 0.3) is 11.1 Å². The molecule has 1 aliphatic rings. The molecule has 0 spiro atoms. The third-order valence-electron chi connectivity index (χ3n) is 5.65. The van der Waals surface area contributed by atoms with Crippen molar-refractivity contribution in [2.45, 2.75) is 12.8 Å². The van der Waals surface area contributed by atoms with E-state index < -0.39 is 0 Å². The van der Waals surface area contributed by atoms with Crippen molar-refractivity contribution in [1.82, 2.24) is 14.8 Å². The van der Waals surface area contributed by atoms with Gasteiger partial charge < -0.3 is 4.74 Å². The monoisotopic (exact) mass is 421 g/mol. The second kappa shape index (κ2) is 8.63.